The summed E-state index contributed by atoms with van der Waals surface area (Å²) >= 11 is 0. The highest BCUT2D eigenvalue weighted by atomic mass is 16.5. The summed E-state index contributed by atoms with van der Waals surface area (Å²) in [6.45, 7) is 4.06. The van der Waals surface area contributed by atoms with Gasteiger partial charge in [-0.25, -0.2) is 9.78 Å². The number of benzene rings is 2. The van der Waals surface area contributed by atoms with Crippen molar-refractivity contribution in [2.45, 2.75) is 13.8 Å². The predicted octanol–water partition coefficient (Wildman–Crippen LogP) is 4.49. The zero-order valence-corrected chi connectivity index (χ0v) is 13.1. The fourth-order valence-corrected chi connectivity index (χ4v) is 2.34. The van der Waals surface area contributed by atoms with Gasteiger partial charge >= 0.3 is 5.97 Å². The fraction of sp³-hybridized carbons (Fsp3) is 0.158. The molecule has 0 aliphatic carbocycles. The van der Waals surface area contributed by atoms with E-state index in [4.69, 9.17) is 9.15 Å². The lowest BCUT2D eigenvalue weighted by atomic mass is 10.1. The van der Waals surface area contributed by atoms with E-state index in [0.717, 1.165) is 16.8 Å². The van der Waals surface area contributed by atoms with Gasteiger partial charge in [0.2, 0.25) is 5.89 Å². The number of aromatic nitrogens is 1. The first-order chi connectivity index (χ1) is 11.2. The maximum Gasteiger partial charge on any atom is 0.338 e. The van der Waals surface area contributed by atoms with Gasteiger partial charge in [0.1, 0.15) is 0 Å². The molecular formula is C19H17NO3. The number of carbonyl (C=O) groups is 1. The SMILES string of the molecule is CCOC(=O)c1ccc(-c2oc(-c3ccccc3)nc2C)cc1. The van der Waals surface area contributed by atoms with Crippen LogP contribution in [0.2, 0.25) is 0 Å². The summed E-state index contributed by atoms with van der Waals surface area (Å²) in [4.78, 5) is 16.2. The Morgan fingerprint density at radius 3 is 2.39 bits per heavy atom. The number of rotatable bonds is 4. The van der Waals surface area contributed by atoms with Gasteiger partial charge in [-0.1, -0.05) is 30.3 Å². The van der Waals surface area contributed by atoms with Crippen LogP contribution in [0.1, 0.15) is 23.0 Å². The average molecular weight is 307 g/mol. The van der Waals surface area contributed by atoms with Gasteiger partial charge in [-0.05, 0) is 38.1 Å². The summed E-state index contributed by atoms with van der Waals surface area (Å²) in [5, 5.41) is 0. The zero-order valence-electron chi connectivity index (χ0n) is 13.1. The molecule has 0 amide bonds. The molecule has 0 fully saturated rings. The molecule has 0 unspecified atom stereocenters. The van der Waals surface area contributed by atoms with Crippen LogP contribution in [0.5, 0.6) is 0 Å². The number of esters is 1. The van der Waals surface area contributed by atoms with Gasteiger partial charge in [0.05, 0.1) is 17.9 Å². The topological polar surface area (TPSA) is 52.3 Å². The van der Waals surface area contributed by atoms with Crippen LogP contribution >= 0.6 is 0 Å². The number of hydrogen-bond donors (Lipinski definition) is 0. The first-order valence-corrected chi connectivity index (χ1v) is 7.49. The third-order valence-corrected chi connectivity index (χ3v) is 3.48. The number of oxazole rings is 1. The van der Waals surface area contributed by atoms with E-state index in [1.165, 1.54) is 0 Å². The molecule has 0 saturated carbocycles. The predicted molar refractivity (Wildman–Crippen MR) is 88.1 cm³/mol. The molecule has 0 saturated heterocycles. The van der Waals surface area contributed by atoms with Crippen molar-refractivity contribution in [3.05, 3.63) is 65.9 Å². The van der Waals surface area contributed by atoms with Crippen LogP contribution in [0.15, 0.2) is 59.0 Å². The Kier molecular flexibility index (Phi) is 4.24. The van der Waals surface area contributed by atoms with Crippen LogP contribution in [-0.2, 0) is 4.74 Å². The molecule has 3 rings (SSSR count). The van der Waals surface area contributed by atoms with Crippen molar-refractivity contribution in [1.29, 1.82) is 0 Å². The Bertz CT molecular complexity index is 804. The summed E-state index contributed by atoms with van der Waals surface area (Å²) in [6, 6.07) is 16.9. The van der Waals surface area contributed by atoms with E-state index >= 15 is 0 Å². The lowest BCUT2D eigenvalue weighted by Gasteiger charge is -2.03. The summed E-state index contributed by atoms with van der Waals surface area (Å²) in [6.07, 6.45) is 0. The molecule has 0 N–H and O–H groups in total. The molecule has 0 atom stereocenters. The van der Waals surface area contributed by atoms with E-state index in [9.17, 15) is 4.79 Å². The van der Waals surface area contributed by atoms with E-state index in [1.54, 1.807) is 19.1 Å². The Balaban J connectivity index is 1.90. The van der Waals surface area contributed by atoms with Gasteiger partial charge in [0.25, 0.3) is 0 Å². The molecule has 0 aliphatic heterocycles. The van der Waals surface area contributed by atoms with E-state index in [2.05, 4.69) is 4.98 Å². The smallest absolute Gasteiger partial charge is 0.338 e. The largest absolute Gasteiger partial charge is 0.462 e. The molecule has 1 aromatic heterocycles. The first-order valence-electron chi connectivity index (χ1n) is 7.49. The zero-order chi connectivity index (χ0) is 16.2. The van der Waals surface area contributed by atoms with Crippen molar-refractivity contribution in [1.82, 2.24) is 4.98 Å². The minimum absolute atomic E-state index is 0.321. The van der Waals surface area contributed by atoms with Crippen LogP contribution < -0.4 is 0 Å². The second kappa shape index (κ2) is 6.48. The molecule has 4 nitrogen and oxygen atoms in total. The van der Waals surface area contributed by atoms with Crippen molar-refractivity contribution in [2.75, 3.05) is 6.61 Å². The second-order valence-electron chi connectivity index (χ2n) is 5.10. The van der Waals surface area contributed by atoms with E-state index in [-0.39, 0.29) is 5.97 Å². The minimum atomic E-state index is -0.321. The number of nitrogens with zero attached hydrogens (tertiary/aromatic N) is 1. The van der Waals surface area contributed by atoms with Gasteiger partial charge in [-0.15, -0.1) is 0 Å². The van der Waals surface area contributed by atoms with Crippen LogP contribution in [0.25, 0.3) is 22.8 Å². The standard InChI is InChI=1S/C19H17NO3/c1-3-22-19(21)16-11-9-14(10-12-16)17-13(2)20-18(23-17)15-7-5-4-6-8-15/h4-12H,3H2,1-2H3. The Morgan fingerprint density at radius 1 is 1.04 bits per heavy atom. The van der Waals surface area contributed by atoms with Crippen molar-refractivity contribution in [3.8, 4) is 22.8 Å². The lowest BCUT2D eigenvalue weighted by molar-refractivity contribution is 0.0526. The van der Waals surface area contributed by atoms with E-state index in [0.29, 0.717) is 23.8 Å². The highest BCUT2D eigenvalue weighted by Gasteiger charge is 2.14. The lowest BCUT2D eigenvalue weighted by Crippen LogP contribution is -2.03. The quantitative estimate of drug-likeness (QED) is 0.666. The summed E-state index contributed by atoms with van der Waals surface area (Å²) in [5.74, 6) is 0.977. The number of hydrogen-bond acceptors (Lipinski definition) is 4. The average Bonchev–Trinajstić information content (AvgIpc) is 2.98. The molecule has 0 spiro atoms. The maximum absolute atomic E-state index is 11.7. The van der Waals surface area contributed by atoms with Gasteiger partial charge in [0.15, 0.2) is 5.76 Å². The van der Waals surface area contributed by atoms with Crippen molar-refractivity contribution >= 4 is 5.97 Å². The third kappa shape index (κ3) is 3.16. The minimum Gasteiger partial charge on any atom is -0.462 e. The molecule has 116 valence electrons. The summed E-state index contributed by atoms with van der Waals surface area (Å²) in [7, 11) is 0. The molecule has 0 aliphatic rings. The van der Waals surface area contributed by atoms with E-state index < -0.39 is 0 Å². The van der Waals surface area contributed by atoms with E-state index in [1.807, 2.05) is 49.4 Å². The van der Waals surface area contributed by atoms with Gasteiger partial charge < -0.3 is 9.15 Å². The number of aryl methyl sites for hydroxylation is 1. The van der Waals surface area contributed by atoms with Crippen molar-refractivity contribution in [2.24, 2.45) is 0 Å². The molecule has 1 heterocycles. The molecule has 0 radical (unpaired) electrons. The highest BCUT2D eigenvalue weighted by Crippen LogP contribution is 2.29. The van der Waals surface area contributed by atoms with Crippen molar-refractivity contribution < 1.29 is 13.9 Å². The maximum atomic E-state index is 11.7. The van der Waals surface area contributed by atoms with Gasteiger partial charge in [-0.2, -0.15) is 0 Å². The van der Waals surface area contributed by atoms with Crippen molar-refractivity contribution in [3.63, 3.8) is 0 Å². The summed E-state index contributed by atoms with van der Waals surface area (Å²) in [5.41, 5.74) is 3.15. The molecule has 4 heteroatoms. The van der Waals surface area contributed by atoms with Crippen LogP contribution in [-0.4, -0.2) is 17.6 Å². The molecule has 0 bridgehead atoms. The van der Waals surface area contributed by atoms with Gasteiger partial charge in [0, 0.05) is 11.1 Å². The molecular weight excluding hydrogens is 290 g/mol. The third-order valence-electron chi connectivity index (χ3n) is 3.48. The number of ether oxygens (including phenoxy) is 1. The van der Waals surface area contributed by atoms with Crippen LogP contribution in [0.3, 0.4) is 0 Å². The number of carbonyl (C=O) groups excluding carboxylic acids is 1. The Labute approximate surface area is 134 Å². The normalized spacial score (nSPS) is 10.5. The Hall–Kier alpha value is -2.88. The monoisotopic (exact) mass is 307 g/mol. The Morgan fingerprint density at radius 2 is 1.74 bits per heavy atom. The molecule has 2 aromatic carbocycles. The second-order valence-corrected chi connectivity index (χ2v) is 5.10. The van der Waals surface area contributed by atoms with Gasteiger partial charge in [-0.3, -0.25) is 0 Å². The summed E-state index contributed by atoms with van der Waals surface area (Å²) < 4.78 is 10.9. The highest BCUT2D eigenvalue weighted by molar-refractivity contribution is 5.90. The van der Waals surface area contributed by atoms with Crippen LogP contribution in [0, 0.1) is 6.92 Å². The van der Waals surface area contributed by atoms with Crippen LogP contribution in [0.4, 0.5) is 0 Å². The fourth-order valence-electron chi connectivity index (χ4n) is 2.34. The molecule has 23 heavy (non-hydrogen) atoms. The molecule has 3 aromatic rings. The first kappa shape index (κ1) is 15.0.